The van der Waals surface area contributed by atoms with Crippen LogP contribution in [0.25, 0.3) is 0 Å². The average molecular weight is 252 g/mol. The van der Waals surface area contributed by atoms with Crippen LogP contribution < -0.4 is 9.47 Å². The highest BCUT2D eigenvalue weighted by molar-refractivity contribution is 5.65. The molecule has 0 fully saturated rings. The molecule has 4 nitrogen and oxygen atoms in total. The van der Waals surface area contributed by atoms with Gasteiger partial charge in [-0.1, -0.05) is 6.07 Å². The van der Waals surface area contributed by atoms with E-state index < -0.39 is 0 Å². The molecule has 0 aliphatic carbocycles. The Morgan fingerprint density at radius 3 is 2.56 bits per heavy atom. The molecule has 0 aliphatic rings. The number of esters is 1. The molecule has 100 valence electrons. The standard InChI is InChI=1S/C14H20O4/c1-10(2)18-13-6-5-12(9-14(13)16-4)7-8-17-11(3)15/h5-6,9-10H,7-8H2,1-4H3. The Labute approximate surface area is 108 Å². The predicted octanol–water partition coefficient (Wildman–Crippen LogP) is 2.59. The van der Waals surface area contributed by atoms with Crippen LogP contribution in [0.5, 0.6) is 11.5 Å². The largest absolute Gasteiger partial charge is 0.493 e. The van der Waals surface area contributed by atoms with Gasteiger partial charge >= 0.3 is 5.97 Å². The van der Waals surface area contributed by atoms with Gasteiger partial charge in [-0.3, -0.25) is 4.79 Å². The van der Waals surface area contributed by atoms with E-state index in [0.29, 0.717) is 18.8 Å². The second kappa shape index (κ2) is 6.89. The van der Waals surface area contributed by atoms with E-state index in [1.165, 1.54) is 6.92 Å². The molecule has 0 heterocycles. The smallest absolute Gasteiger partial charge is 0.302 e. The zero-order valence-corrected chi connectivity index (χ0v) is 11.4. The Kier molecular flexibility index (Phi) is 5.49. The Balaban J connectivity index is 2.69. The van der Waals surface area contributed by atoms with E-state index in [9.17, 15) is 4.79 Å². The van der Waals surface area contributed by atoms with Gasteiger partial charge in [0, 0.05) is 13.3 Å². The van der Waals surface area contributed by atoms with Crippen LogP contribution in [0.1, 0.15) is 26.3 Å². The van der Waals surface area contributed by atoms with Crippen LogP contribution in [0, 0.1) is 0 Å². The monoisotopic (exact) mass is 252 g/mol. The average Bonchev–Trinajstić information content (AvgIpc) is 2.29. The van der Waals surface area contributed by atoms with E-state index >= 15 is 0 Å². The third-order valence-electron chi connectivity index (χ3n) is 2.29. The minimum atomic E-state index is -0.262. The van der Waals surface area contributed by atoms with Crippen LogP contribution in [0.3, 0.4) is 0 Å². The van der Waals surface area contributed by atoms with Gasteiger partial charge < -0.3 is 14.2 Å². The topological polar surface area (TPSA) is 44.8 Å². The summed E-state index contributed by atoms with van der Waals surface area (Å²) in [6.45, 7) is 5.71. The molecule has 18 heavy (non-hydrogen) atoms. The summed E-state index contributed by atoms with van der Waals surface area (Å²) in [5, 5.41) is 0. The molecule has 1 aromatic rings. The maximum atomic E-state index is 10.7. The molecule has 0 amide bonds. The maximum Gasteiger partial charge on any atom is 0.302 e. The van der Waals surface area contributed by atoms with Crippen molar-refractivity contribution < 1.29 is 19.0 Å². The lowest BCUT2D eigenvalue weighted by molar-refractivity contribution is -0.140. The van der Waals surface area contributed by atoms with E-state index in [1.807, 2.05) is 32.0 Å². The van der Waals surface area contributed by atoms with Crippen molar-refractivity contribution in [2.75, 3.05) is 13.7 Å². The van der Waals surface area contributed by atoms with Crippen molar-refractivity contribution in [1.29, 1.82) is 0 Å². The van der Waals surface area contributed by atoms with Gasteiger partial charge in [0.05, 0.1) is 19.8 Å². The summed E-state index contributed by atoms with van der Waals surface area (Å²) in [6, 6.07) is 5.73. The molecular weight excluding hydrogens is 232 g/mol. The van der Waals surface area contributed by atoms with Crippen LogP contribution in [-0.2, 0) is 16.0 Å². The summed E-state index contributed by atoms with van der Waals surface area (Å²) in [6.07, 6.45) is 0.767. The zero-order valence-electron chi connectivity index (χ0n) is 11.4. The fraction of sp³-hybridized carbons (Fsp3) is 0.500. The van der Waals surface area contributed by atoms with Gasteiger partial charge in [0.15, 0.2) is 11.5 Å². The van der Waals surface area contributed by atoms with Crippen LogP contribution in [0.15, 0.2) is 18.2 Å². The normalized spacial score (nSPS) is 10.3. The van der Waals surface area contributed by atoms with E-state index in [1.54, 1.807) is 7.11 Å². The van der Waals surface area contributed by atoms with Crippen molar-refractivity contribution in [3.63, 3.8) is 0 Å². The van der Waals surface area contributed by atoms with Crippen LogP contribution in [0.4, 0.5) is 0 Å². The van der Waals surface area contributed by atoms with Crippen molar-refractivity contribution in [1.82, 2.24) is 0 Å². The fourth-order valence-corrected chi connectivity index (χ4v) is 1.53. The molecule has 0 N–H and O–H groups in total. The minimum Gasteiger partial charge on any atom is -0.493 e. The number of benzene rings is 1. The third kappa shape index (κ3) is 4.65. The second-order valence-electron chi connectivity index (χ2n) is 4.24. The van der Waals surface area contributed by atoms with Crippen molar-refractivity contribution >= 4 is 5.97 Å². The summed E-state index contributed by atoms with van der Waals surface area (Å²) >= 11 is 0. The van der Waals surface area contributed by atoms with E-state index in [0.717, 1.165) is 11.3 Å². The van der Waals surface area contributed by atoms with Crippen molar-refractivity contribution in [2.24, 2.45) is 0 Å². The number of rotatable bonds is 6. The van der Waals surface area contributed by atoms with Crippen molar-refractivity contribution in [2.45, 2.75) is 33.3 Å². The molecule has 0 radical (unpaired) electrons. The Morgan fingerprint density at radius 2 is 2.00 bits per heavy atom. The summed E-state index contributed by atoms with van der Waals surface area (Å²) < 4.78 is 15.8. The molecule has 4 heteroatoms. The number of carbonyl (C=O) groups is 1. The van der Waals surface area contributed by atoms with Gasteiger partial charge in [-0.25, -0.2) is 0 Å². The first-order chi connectivity index (χ1) is 8.52. The van der Waals surface area contributed by atoms with Crippen molar-refractivity contribution in [3.8, 4) is 11.5 Å². The molecule has 0 unspecified atom stereocenters. The van der Waals surface area contributed by atoms with Gasteiger partial charge in [-0.15, -0.1) is 0 Å². The molecule has 0 atom stereocenters. The highest BCUT2D eigenvalue weighted by atomic mass is 16.5. The Morgan fingerprint density at radius 1 is 1.28 bits per heavy atom. The molecule has 0 aliphatic heterocycles. The molecule has 1 aromatic carbocycles. The fourth-order valence-electron chi connectivity index (χ4n) is 1.53. The van der Waals surface area contributed by atoms with Crippen LogP contribution in [-0.4, -0.2) is 25.8 Å². The number of hydrogen-bond donors (Lipinski definition) is 0. The number of carbonyl (C=O) groups excluding carboxylic acids is 1. The maximum absolute atomic E-state index is 10.7. The van der Waals surface area contributed by atoms with Gasteiger partial charge in [0.25, 0.3) is 0 Å². The van der Waals surface area contributed by atoms with Gasteiger partial charge in [0.1, 0.15) is 0 Å². The second-order valence-corrected chi connectivity index (χ2v) is 4.24. The zero-order chi connectivity index (χ0) is 13.5. The SMILES string of the molecule is COc1cc(CCOC(C)=O)ccc1OC(C)C. The summed E-state index contributed by atoms with van der Waals surface area (Å²) in [5.74, 6) is 1.16. The number of ether oxygens (including phenoxy) is 3. The molecule has 0 saturated heterocycles. The lowest BCUT2D eigenvalue weighted by Crippen LogP contribution is -2.07. The molecule has 1 rings (SSSR count). The van der Waals surface area contributed by atoms with E-state index in [-0.39, 0.29) is 12.1 Å². The molecule has 0 saturated carbocycles. The molecular formula is C14H20O4. The van der Waals surface area contributed by atoms with Gasteiger partial charge in [-0.05, 0) is 31.5 Å². The highest BCUT2D eigenvalue weighted by Gasteiger charge is 2.07. The van der Waals surface area contributed by atoms with Gasteiger partial charge in [-0.2, -0.15) is 0 Å². The first kappa shape index (κ1) is 14.4. The quantitative estimate of drug-likeness (QED) is 0.730. The van der Waals surface area contributed by atoms with E-state index in [4.69, 9.17) is 14.2 Å². The minimum absolute atomic E-state index is 0.103. The lowest BCUT2D eigenvalue weighted by atomic mass is 10.1. The third-order valence-corrected chi connectivity index (χ3v) is 2.29. The Hall–Kier alpha value is -1.71. The first-order valence-corrected chi connectivity index (χ1v) is 6.00. The summed E-state index contributed by atoms with van der Waals surface area (Å²) in [5.41, 5.74) is 1.05. The first-order valence-electron chi connectivity index (χ1n) is 6.00. The molecule has 0 bridgehead atoms. The molecule has 0 aromatic heterocycles. The lowest BCUT2D eigenvalue weighted by Gasteiger charge is -2.14. The van der Waals surface area contributed by atoms with Crippen molar-refractivity contribution in [3.05, 3.63) is 23.8 Å². The highest BCUT2D eigenvalue weighted by Crippen LogP contribution is 2.29. The Bertz CT molecular complexity index is 399. The van der Waals surface area contributed by atoms with E-state index in [2.05, 4.69) is 0 Å². The van der Waals surface area contributed by atoms with Gasteiger partial charge in [0.2, 0.25) is 0 Å². The summed E-state index contributed by atoms with van der Waals surface area (Å²) in [4.78, 5) is 10.7. The molecule has 0 spiro atoms. The summed E-state index contributed by atoms with van der Waals surface area (Å²) in [7, 11) is 1.61. The predicted molar refractivity (Wildman–Crippen MR) is 69.1 cm³/mol. The van der Waals surface area contributed by atoms with Crippen LogP contribution >= 0.6 is 0 Å². The number of hydrogen-bond acceptors (Lipinski definition) is 4. The van der Waals surface area contributed by atoms with Crippen LogP contribution in [0.2, 0.25) is 0 Å². The number of methoxy groups -OCH3 is 1.